The Morgan fingerprint density at radius 1 is 1.44 bits per heavy atom. The molecule has 1 heterocycles. The van der Waals surface area contributed by atoms with Gasteiger partial charge in [0.1, 0.15) is 16.4 Å². The van der Waals surface area contributed by atoms with E-state index in [-0.39, 0.29) is 22.0 Å². The van der Waals surface area contributed by atoms with Gasteiger partial charge in [-0.25, -0.2) is 9.18 Å². The van der Waals surface area contributed by atoms with E-state index < -0.39 is 17.3 Å². The summed E-state index contributed by atoms with van der Waals surface area (Å²) in [5.74, 6) is -1.90. The van der Waals surface area contributed by atoms with Crippen LogP contribution >= 0.6 is 27.5 Å². The molecule has 1 aliphatic rings. The van der Waals surface area contributed by atoms with E-state index in [2.05, 4.69) is 31.6 Å². The van der Waals surface area contributed by atoms with Crippen LogP contribution in [0, 0.1) is 5.82 Å². The van der Waals surface area contributed by atoms with Gasteiger partial charge >= 0.3 is 5.97 Å². The average molecular weight is 463 g/mol. The van der Waals surface area contributed by atoms with E-state index in [1.54, 1.807) is 13.2 Å². The van der Waals surface area contributed by atoms with Crippen molar-refractivity contribution >= 4 is 44.9 Å². The number of aryl methyl sites for hydroxylation is 1. The molecule has 146 valence electrons. The van der Waals surface area contributed by atoms with Crippen LogP contribution < -0.4 is 16.4 Å². The summed E-state index contributed by atoms with van der Waals surface area (Å²) >= 11 is 9.00. The molecule has 3 N–H and O–H groups in total. The Morgan fingerprint density at radius 2 is 2.11 bits per heavy atom. The van der Waals surface area contributed by atoms with Crippen LogP contribution in [0.5, 0.6) is 0 Å². The maximum atomic E-state index is 13.8. The van der Waals surface area contributed by atoms with Crippen molar-refractivity contribution < 1.29 is 19.1 Å². The van der Waals surface area contributed by atoms with E-state index >= 15 is 0 Å². The number of halogens is 3. The molecule has 1 saturated carbocycles. The Hall–Kier alpha value is -1.94. The number of hydroxylamine groups is 1. The standard InChI is InChI=1S/C13H9BrClFN2O3.C4H9NO/c1-18-5-7(13(20)21)11(10(15)12(18)19)17-9-3-2-6(14)4-8(9)16;1-6-5-4-2-3-4/h2-5,17H,1H3,(H,20,21);4-5H,2-3H2,1H3. The second kappa shape index (κ2) is 9.32. The number of hydrogen-bond acceptors (Lipinski definition) is 5. The van der Waals surface area contributed by atoms with Gasteiger partial charge in [0.2, 0.25) is 0 Å². The number of nitrogens with zero attached hydrogens (tertiary/aromatic N) is 1. The molecule has 10 heteroatoms. The summed E-state index contributed by atoms with van der Waals surface area (Å²) in [7, 11) is 3.03. The van der Waals surface area contributed by atoms with Gasteiger partial charge < -0.3 is 19.8 Å². The van der Waals surface area contributed by atoms with Crippen molar-refractivity contribution in [2.24, 2.45) is 7.05 Å². The normalized spacial score (nSPS) is 12.9. The molecule has 2 aromatic rings. The minimum Gasteiger partial charge on any atom is -0.478 e. The number of benzene rings is 1. The van der Waals surface area contributed by atoms with Crippen LogP contribution in [0.1, 0.15) is 23.2 Å². The molecule has 3 rings (SSSR count). The van der Waals surface area contributed by atoms with E-state index in [1.807, 2.05) is 0 Å². The van der Waals surface area contributed by atoms with E-state index in [0.29, 0.717) is 10.5 Å². The van der Waals surface area contributed by atoms with Crippen LogP contribution in [-0.4, -0.2) is 28.8 Å². The number of carbonyl (C=O) groups is 1. The van der Waals surface area contributed by atoms with Crippen molar-refractivity contribution in [1.82, 2.24) is 10.0 Å². The molecule has 1 aromatic carbocycles. The van der Waals surface area contributed by atoms with Crippen LogP contribution in [0.2, 0.25) is 5.02 Å². The summed E-state index contributed by atoms with van der Waals surface area (Å²) in [6, 6.07) is 4.85. The molecule has 0 amide bonds. The van der Waals surface area contributed by atoms with Crippen LogP contribution in [0.25, 0.3) is 0 Å². The monoisotopic (exact) mass is 461 g/mol. The number of carboxylic acids is 1. The van der Waals surface area contributed by atoms with Gasteiger partial charge in [-0.2, -0.15) is 5.48 Å². The van der Waals surface area contributed by atoms with Crippen molar-refractivity contribution in [2.75, 3.05) is 12.4 Å². The highest BCUT2D eigenvalue weighted by Gasteiger charge is 2.20. The highest BCUT2D eigenvalue weighted by atomic mass is 79.9. The Balaban J connectivity index is 0.000000369. The van der Waals surface area contributed by atoms with Gasteiger partial charge in [-0.3, -0.25) is 4.79 Å². The summed E-state index contributed by atoms with van der Waals surface area (Å²) in [6.07, 6.45) is 3.69. The lowest BCUT2D eigenvalue weighted by Gasteiger charge is -2.13. The van der Waals surface area contributed by atoms with Crippen molar-refractivity contribution in [1.29, 1.82) is 0 Å². The van der Waals surface area contributed by atoms with Crippen molar-refractivity contribution in [3.05, 3.63) is 55.6 Å². The van der Waals surface area contributed by atoms with Crippen LogP contribution in [-0.2, 0) is 11.9 Å². The first kappa shape index (κ1) is 21.4. The van der Waals surface area contributed by atoms with Crippen molar-refractivity contribution in [3.8, 4) is 0 Å². The average Bonchev–Trinajstić information content (AvgIpc) is 3.42. The quantitative estimate of drug-likeness (QED) is 0.587. The Labute approximate surface area is 168 Å². The highest BCUT2D eigenvalue weighted by molar-refractivity contribution is 9.10. The number of nitrogens with one attached hydrogen (secondary N) is 2. The van der Waals surface area contributed by atoms with Gasteiger partial charge in [0.15, 0.2) is 0 Å². The first-order valence-electron chi connectivity index (χ1n) is 7.87. The molecular formula is C17H18BrClFN3O4. The van der Waals surface area contributed by atoms with Gasteiger partial charge in [-0.05, 0) is 31.0 Å². The van der Waals surface area contributed by atoms with E-state index in [4.69, 9.17) is 11.6 Å². The number of anilines is 2. The zero-order chi connectivity index (χ0) is 20.1. The van der Waals surface area contributed by atoms with Gasteiger partial charge in [0, 0.05) is 23.8 Å². The zero-order valence-corrected chi connectivity index (χ0v) is 16.9. The second-order valence-electron chi connectivity index (χ2n) is 5.80. The summed E-state index contributed by atoms with van der Waals surface area (Å²) < 4.78 is 15.4. The minimum absolute atomic E-state index is 0.0100. The third-order valence-corrected chi connectivity index (χ3v) is 4.45. The summed E-state index contributed by atoms with van der Waals surface area (Å²) in [4.78, 5) is 27.7. The lowest BCUT2D eigenvalue weighted by atomic mass is 10.2. The Bertz CT molecular complexity index is 902. The van der Waals surface area contributed by atoms with Crippen molar-refractivity contribution in [3.63, 3.8) is 0 Å². The van der Waals surface area contributed by atoms with Gasteiger partial charge in [0.05, 0.1) is 18.5 Å². The molecule has 1 fully saturated rings. The Morgan fingerprint density at radius 3 is 2.59 bits per heavy atom. The number of pyridine rings is 1. The molecule has 0 unspecified atom stereocenters. The number of carboxylic acid groups (broad SMARTS) is 1. The summed E-state index contributed by atoms with van der Waals surface area (Å²) in [6.45, 7) is 0. The first-order valence-corrected chi connectivity index (χ1v) is 9.04. The largest absolute Gasteiger partial charge is 0.478 e. The molecule has 0 saturated heterocycles. The SMILES string of the molecule is CONC1CC1.Cn1cc(C(=O)O)c(Nc2ccc(Br)cc2F)c(Cl)c1=O. The maximum absolute atomic E-state index is 13.8. The lowest BCUT2D eigenvalue weighted by Crippen LogP contribution is -2.21. The number of rotatable bonds is 5. The molecule has 1 aliphatic carbocycles. The number of hydrogen-bond donors (Lipinski definition) is 3. The second-order valence-corrected chi connectivity index (χ2v) is 7.09. The van der Waals surface area contributed by atoms with Crippen molar-refractivity contribution in [2.45, 2.75) is 18.9 Å². The van der Waals surface area contributed by atoms with Gasteiger partial charge in [-0.15, -0.1) is 0 Å². The third-order valence-electron chi connectivity index (χ3n) is 3.60. The molecule has 1 aromatic heterocycles. The topological polar surface area (TPSA) is 92.6 Å². The minimum atomic E-state index is -1.28. The maximum Gasteiger partial charge on any atom is 0.339 e. The predicted molar refractivity (Wildman–Crippen MR) is 104 cm³/mol. The fraction of sp³-hybridized carbons (Fsp3) is 0.294. The number of aromatic nitrogens is 1. The van der Waals surface area contributed by atoms with E-state index in [0.717, 1.165) is 10.8 Å². The number of aromatic carboxylic acids is 1. The Kier molecular flexibility index (Phi) is 7.37. The molecule has 0 atom stereocenters. The molecule has 27 heavy (non-hydrogen) atoms. The van der Waals surface area contributed by atoms with E-state index in [9.17, 15) is 19.1 Å². The highest BCUT2D eigenvalue weighted by Crippen LogP contribution is 2.29. The van der Waals surface area contributed by atoms with Gasteiger partial charge in [0.25, 0.3) is 5.56 Å². The fourth-order valence-corrected chi connectivity index (χ4v) is 2.69. The molecule has 0 aliphatic heterocycles. The van der Waals surface area contributed by atoms with Crippen LogP contribution in [0.15, 0.2) is 33.7 Å². The zero-order valence-electron chi connectivity index (χ0n) is 14.6. The van der Waals surface area contributed by atoms with Gasteiger partial charge in [-0.1, -0.05) is 27.5 Å². The van der Waals surface area contributed by atoms with Crippen LogP contribution in [0.4, 0.5) is 15.8 Å². The molecule has 0 bridgehead atoms. The third kappa shape index (κ3) is 5.77. The first-order chi connectivity index (χ1) is 12.7. The van der Waals surface area contributed by atoms with Crippen LogP contribution in [0.3, 0.4) is 0 Å². The predicted octanol–water partition coefficient (Wildman–Crippen LogP) is 3.68. The summed E-state index contributed by atoms with van der Waals surface area (Å²) in [5, 5.41) is 11.4. The molecule has 0 radical (unpaired) electrons. The molecule has 7 nitrogen and oxygen atoms in total. The summed E-state index contributed by atoms with van der Waals surface area (Å²) in [5.41, 5.74) is 1.87. The smallest absolute Gasteiger partial charge is 0.339 e. The molecule has 0 spiro atoms. The van der Waals surface area contributed by atoms with E-state index in [1.165, 1.54) is 32.0 Å². The molecular weight excluding hydrogens is 445 g/mol. The lowest BCUT2D eigenvalue weighted by molar-refractivity contribution is 0.0697. The fourth-order valence-electron chi connectivity index (χ4n) is 2.07.